The highest BCUT2D eigenvalue weighted by Gasteiger charge is 2.34. The van der Waals surface area contributed by atoms with Crippen LogP contribution >= 0.6 is 0 Å². The van der Waals surface area contributed by atoms with E-state index >= 15 is 0 Å². The molecule has 0 radical (unpaired) electrons. The normalized spacial score (nSPS) is 17.0. The Kier molecular flexibility index (Phi) is 6.71. The summed E-state index contributed by atoms with van der Waals surface area (Å²) in [6, 6.07) is 8.14. The average Bonchev–Trinajstić information content (AvgIpc) is 3.23. The number of ether oxygens (including phenoxy) is 1. The van der Waals surface area contributed by atoms with Crippen LogP contribution in [0.5, 0.6) is 5.75 Å². The van der Waals surface area contributed by atoms with Crippen molar-refractivity contribution < 1.29 is 23.0 Å². The van der Waals surface area contributed by atoms with Gasteiger partial charge in [0.25, 0.3) is 0 Å². The number of nitrogens with zero attached hydrogens (tertiary/aromatic N) is 3. The lowest BCUT2D eigenvalue weighted by molar-refractivity contribution is -0.136. The van der Waals surface area contributed by atoms with Crippen LogP contribution in [-0.4, -0.2) is 45.5 Å². The Morgan fingerprint density at radius 1 is 1.19 bits per heavy atom. The zero-order valence-corrected chi connectivity index (χ0v) is 18.1. The van der Waals surface area contributed by atoms with Gasteiger partial charge in [-0.25, -0.2) is 0 Å². The van der Waals surface area contributed by atoms with E-state index in [0.717, 1.165) is 32.0 Å². The number of piperidine rings is 1. The van der Waals surface area contributed by atoms with E-state index in [1.54, 1.807) is 30.0 Å². The Balaban J connectivity index is 1.35. The second-order valence-electron chi connectivity index (χ2n) is 8.19. The fraction of sp³-hybridized carbons (Fsp3) is 0.458. The summed E-state index contributed by atoms with van der Waals surface area (Å²) in [6.07, 6.45) is 2.53. The summed E-state index contributed by atoms with van der Waals surface area (Å²) >= 11 is 0. The molecule has 1 aromatic carbocycles. The van der Waals surface area contributed by atoms with Crippen LogP contribution in [0.4, 0.5) is 13.2 Å². The highest BCUT2D eigenvalue weighted by atomic mass is 19.4. The maximum atomic E-state index is 13.4. The van der Waals surface area contributed by atoms with E-state index in [9.17, 15) is 18.3 Å². The van der Waals surface area contributed by atoms with Crippen molar-refractivity contribution >= 4 is 10.9 Å². The predicted molar refractivity (Wildman–Crippen MR) is 117 cm³/mol. The first-order chi connectivity index (χ1) is 15.4. The average molecular weight is 448 g/mol. The van der Waals surface area contributed by atoms with E-state index in [4.69, 9.17) is 4.74 Å². The van der Waals surface area contributed by atoms with Gasteiger partial charge in [-0.1, -0.05) is 6.07 Å². The van der Waals surface area contributed by atoms with Gasteiger partial charge in [-0.15, -0.1) is 0 Å². The molecule has 1 saturated heterocycles. The van der Waals surface area contributed by atoms with Crippen LogP contribution in [0.15, 0.2) is 48.9 Å². The van der Waals surface area contributed by atoms with Crippen molar-refractivity contribution in [2.24, 2.45) is 0 Å². The predicted octanol–water partition coefficient (Wildman–Crippen LogP) is 5.04. The summed E-state index contributed by atoms with van der Waals surface area (Å²) in [5, 5.41) is 11.0. The number of aliphatic hydroxyl groups excluding tert-OH is 1. The van der Waals surface area contributed by atoms with Gasteiger partial charge in [0.1, 0.15) is 12.0 Å². The van der Waals surface area contributed by atoms with Crippen LogP contribution in [0.25, 0.3) is 10.9 Å². The molecule has 3 heterocycles. The summed E-state index contributed by atoms with van der Waals surface area (Å²) in [6.45, 7) is 4.03. The first-order valence-corrected chi connectivity index (χ1v) is 11.0. The van der Waals surface area contributed by atoms with Crippen molar-refractivity contribution in [3.63, 3.8) is 0 Å². The maximum absolute atomic E-state index is 13.4. The van der Waals surface area contributed by atoms with Crippen molar-refractivity contribution in [3.05, 3.63) is 60.0 Å². The fourth-order valence-corrected chi connectivity index (χ4v) is 4.52. The minimum Gasteiger partial charge on any atom is -0.493 e. The molecule has 2 aromatic heterocycles. The summed E-state index contributed by atoms with van der Waals surface area (Å²) in [7, 11) is 0. The Labute approximate surface area is 185 Å². The molecule has 1 atom stereocenters. The SMILES string of the molecule is CCn1ccc2c(OCC[C@@H](O)N3CCC(c4cccnc4)CC3)ccc(C(F)(F)F)c21. The zero-order chi connectivity index (χ0) is 22.7. The molecule has 5 nitrogen and oxygen atoms in total. The van der Waals surface area contributed by atoms with E-state index in [2.05, 4.69) is 11.1 Å². The van der Waals surface area contributed by atoms with Gasteiger partial charge in [-0.05, 0) is 55.5 Å². The van der Waals surface area contributed by atoms with Crippen LogP contribution in [0.3, 0.4) is 0 Å². The maximum Gasteiger partial charge on any atom is 0.418 e. The second kappa shape index (κ2) is 9.50. The number of pyridine rings is 1. The molecule has 0 spiro atoms. The van der Waals surface area contributed by atoms with E-state index in [0.29, 0.717) is 30.0 Å². The number of aryl methyl sites for hydroxylation is 1. The number of aromatic nitrogens is 2. The lowest BCUT2D eigenvalue weighted by atomic mass is 9.90. The smallest absolute Gasteiger partial charge is 0.418 e. The number of rotatable bonds is 7. The van der Waals surface area contributed by atoms with E-state index in [1.165, 1.54) is 11.6 Å². The third kappa shape index (κ3) is 4.76. The van der Waals surface area contributed by atoms with Gasteiger partial charge in [0.05, 0.1) is 17.7 Å². The lowest BCUT2D eigenvalue weighted by Gasteiger charge is -2.35. The number of aliphatic hydroxyl groups is 1. The number of alkyl halides is 3. The molecule has 4 rings (SSSR count). The summed E-state index contributed by atoms with van der Waals surface area (Å²) in [4.78, 5) is 6.22. The third-order valence-corrected chi connectivity index (χ3v) is 6.27. The number of halogens is 3. The Morgan fingerprint density at radius 2 is 1.97 bits per heavy atom. The van der Waals surface area contributed by atoms with Crippen molar-refractivity contribution in [1.29, 1.82) is 0 Å². The minimum atomic E-state index is -4.43. The van der Waals surface area contributed by atoms with E-state index in [1.807, 2.05) is 17.2 Å². The molecule has 0 saturated carbocycles. The monoisotopic (exact) mass is 447 g/mol. The van der Waals surface area contributed by atoms with Crippen LogP contribution in [0.1, 0.15) is 43.2 Å². The van der Waals surface area contributed by atoms with Gasteiger partial charge in [0.2, 0.25) is 0 Å². The second-order valence-corrected chi connectivity index (χ2v) is 8.19. The molecular formula is C24H28F3N3O2. The third-order valence-electron chi connectivity index (χ3n) is 6.27. The highest BCUT2D eigenvalue weighted by Crippen LogP contribution is 2.39. The Bertz CT molecular complexity index is 1030. The summed E-state index contributed by atoms with van der Waals surface area (Å²) in [5.41, 5.74) is 0.703. The molecule has 0 bridgehead atoms. The van der Waals surface area contributed by atoms with Gasteiger partial charge in [-0.2, -0.15) is 13.2 Å². The number of likely N-dealkylation sites (tertiary alicyclic amines) is 1. The minimum absolute atomic E-state index is 0.135. The topological polar surface area (TPSA) is 50.5 Å². The first-order valence-electron chi connectivity index (χ1n) is 11.0. The molecule has 3 aromatic rings. The Morgan fingerprint density at radius 3 is 2.62 bits per heavy atom. The summed E-state index contributed by atoms with van der Waals surface area (Å²) in [5.74, 6) is 0.856. The molecule has 1 aliphatic heterocycles. The van der Waals surface area contributed by atoms with Crippen molar-refractivity contribution in [1.82, 2.24) is 14.5 Å². The number of hydrogen-bond acceptors (Lipinski definition) is 4. The number of benzene rings is 1. The molecule has 1 fully saturated rings. The first kappa shape index (κ1) is 22.6. The van der Waals surface area contributed by atoms with Gasteiger partial charge < -0.3 is 14.4 Å². The number of hydrogen-bond donors (Lipinski definition) is 1. The molecule has 1 N–H and O–H groups in total. The van der Waals surface area contributed by atoms with Gasteiger partial charge in [0.15, 0.2) is 0 Å². The summed E-state index contributed by atoms with van der Waals surface area (Å²) < 4.78 is 47.7. The fourth-order valence-electron chi connectivity index (χ4n) is 4.52. The van der Waals surface area contributed by atoms with Gasteiger partial charge in [-0.3, -0.25) is 9.88 Å². The van der Waals surface area contributed by atoms with Crippen molar-refractivity contribution in [2.75, 3.05) is 19.7 Å². The van der Waals surface area contributed by atoms with Crippen LogP contribution in [-0.2, 0) is 12.7 Å². The van der Waals surface area contributed by atoms with Crippen molar-refractivity contribution in [3.8, 4) is 5.75 Å². The van der Waals surface area contributed by atoms with Gasteiger partial charge >= 0.3 is 6.18 Å². The van der Waals surface area contributed by atoms with Crippen LogP contribution in [0, 0.1) is 0 Å². The van der Waals surface area contributed by atoms with E-state index < -0.39 is 18.0 Å². The standard InChI is InChI=1S/C24H28F3N3O2/c1-2-29-14-9-19-21(6-5-20(23(19)29)24(25,26)27)32-15-10-22(31)30-12-7-17(8-13-30)18-4-3-11-28-16-18/h3-6,9,11,14,16-17,22,31H,2,7-8,10,12-13,15H2,1H3/t22-/m1/s1. The van der Waals surface area contributed by atoms with E-state index in [-0.39, 0.29) is 12.1 Å². The molecular weight excluding hydrogens is 419 g/mol. The molecule has 1 aliphatic rings. The highest BCUT2D eigenvalue weighted by molar-refractivity contribution is 5.89. The molecule has 0 unspecified atom stereocenters. The molecule has 0 aliphatic carbocycles. The lowest BCUT2D eigenvalue weighted by Crippen LogP contribution is -2.41. The Hall–Kier alpha value is -2.58. The van der Waals surface area contributed by atoms with Crippen LogP contribution < -0.4 is 4.74 Å². The van der Waals surface area contributed by atoms with Crippen LogP contribution in [0.2, 0.25) is 0 Å². The molecule has 32 heavy (non-hydrogen) atoms. The molecule has 0 amide bonds. The molecule has 172 valence electrons. The largest absolute Gasteiger partial charge is 0.493 e. The zero-order valence-electron chi connectivity index (χ0n) is 18.1. The quantitative estimate of drug-likeness (QED) is 0.551. The number of fused-ring (bicyclic) bond motifs is 1. The molecule has 8 heteroatoms. The van der Waals surface area contributed by atoms with Crippen molar-refractivity contribution in [2.45, 2.75) is 51.1 Å². The van der Waals surface area contributed by atoms with Gasteiger partial charge in [0, 0.05) is 50.0 Å².